The predicted octanol–water partition coefficient (Wildman–Crippen LogP) is 5.71. The first kappa shape index (κ1) is 12.9. The average molecular weight is 348 g/mol. The second kappa shape index (κ2) is 6.12. The third kappa shape index (κ3) is 4.25. The van der Waals surface area contributed by atoms with Gasteiger partial charge in [-0.3, -0.25) is 4.98 Å². The first-order valence-corrected chi connectivity index (χ1v) is 9.02. The highest BCUT2D eigenvalue weighted by molar-refractivity contribution is 5.72. The Morgan fingerprint density at radius 2 is 1.80 bits per heavy atom. The Labute approximate surface area is 160 Å². The van der Waals surface area contributed by atoms with Crippen LogP contribution in [-0.2, 0) is 4.74 Å². The standard InChI is InChI=1S/C22H34N2O/c1-20(2)11-9-15(10-12-20)19-17(23)7-8-18(24-19)16-13-21(3,4)25-22(5,6)14-16/h7-9,16H,10-14,23H2,1-6H3/i9D,10D2,11D,12D. The van der Waals surface area contributed by atoms with Gasteiger partial charge in [-0.2, -0.15) is 0 Å². The van der Waals surface area contributed by atoms with Gasteiger partial charge in [-0.05, 0) is 82.8 Å². The summed E-state index contributed by atoms with van der Waals surface area (Å²) in [7, 11) is 0. The van der Waals surface area contributed by atoms with Crippen molar-refractivity contribution in [3.05, 3.63) is 29.6 Å². The zero-order valence-electron chi connectivity index (χ0n) is 21.2. The monoisotopic (exact) mass is 347 g/mol. The van der Waals surface area contributed by atoms with E-state index in [1.165, 1.54) is 0 Å². The van der Waals surface area contributed by atoms with E-state index in [1.54, 1.807) is 19.9 Å². The third-order valence-corrected chi connectivity index (χ3v) is 4.81. The zero-order valence-corrected chi connectivity index (χ0v) is 16.2. The van der Waals surface area contributed by atoms with E-state index in [4.69, 9.17) is 22.3 Å². The van der Waals surface area contributed by atoms with Gasteiger partial charge in [0.25, 0.3) is 0 Å². The van der Waals surface area contributed by atoms with Crippen molar-refractivity contribution < 1.29 is 11.6 Å². The van der Waals surface area contributed by atoms with Crippen molar-refractivity contribution in [1.29, 1.82) is 0 Å². The largest absolute Gasteiger partial charge is 0.397 e. The number of nitrogen functional groups attached to an aromatic ring is 1. The summed E-state index contributed by atoms with van der Waals surface area (Å²) in [5, 5.41) is 0. The molecular formula is C22H34N2O. The molecule has 3 nitrogen and oxygen atoms in total. The zero-order chi connectivity index (χ0) is 22.9. The van der Waals surface area contributed by atoms with Gasteiger partial charge in [-0.15, -0.1) is 0 Å². The van der Waals surface area contributed by atoms with Crippen molar-refractivity contribution >= 4 is 11.3 Å². The van der Waals surface area contributed by atoms with Crippen LogP contribution in [0.4, 0.5) is 5.69 Å². The van der Waals surface area contributed by atoms with Crippen molar-refractivity contribution in [2.75, 3.05) is 5.73 Å². The molecule has 3 rings (SSSR count). The molecule has 0 bridgehead atoms. The van der Waals surface area contributed by atoms with Crippen LogP contribution >= 0.6 is 0 Å². The van der Waals surface area contributed by atoms with Gasteiger partial charge in [0.05, 0.1) is 24.0 Å². The maximum absolute atomic E-state index is 8.64. The number of pyridine rings is 1. The average Bonchev–Trinajstić information content (AvgIpc) is 2.58. The van der Waals surface area contributed by atoms with E-state index < -0.39 is 24.6 Å². The molecular weight excluding hydrogens is 308 g/mol. The number of ether oxygens (including phenoxy) is 1. The first-order valence-electron chi connectivity index (χ1n) is 11.7. The highest BCUT2D eigenvalue weighted by Crippen LogP contribution is 2.44. The van der Waals surface area contributed by atoms with E-state index >= 15 is 0 Å². The van der Waals surface area contributed by atoms with E-state index in [9.17, 15) is 0 Å². The number of nitrogens with zero attached hydrogens (tertiary/aromatic N) is 1. The van der Waals surface area contributed by atoms with Crippen LogP contribution < -0.4 is 5.73 Å². The summed E-state index contributed by atoms with van der Waals surface area (Å²) < 4.78 is 49.0. The van der Waals surface area contributed by atoms with Crippen LogP contribution in [0.15, 0.2) is 18.2 Å². The molecule has 2 unspecified atom stereocenters. The van der Waals surface area contributed by atoms with Gasteiger partial charge in [0.15, 0.2) is 0 Å². The Morgan fingerprint density at radius 3 is 2.44 bits per heavy atom. The first-order chi connectivity index (χ1) is 13.5. The molecule has 1 fully saturated rings. The molecule has 1 aliphatic heterocycles. The van der Waals surface area contributed by atoms with Gasteiger partial charge < -0.3 is 10.5 Å². The van der Waals surface area contributed by atoms with Gasteiger partial charge in [-0.25, -0.2) is 0 Å². The molecule has 1 aromatic rings. The highest BCUT2D eigenvalue weighted by Gasteiger charge is 2.40. The molecule has 0 saturated carbocycles. The van der Waals surface area contributed by atoms with Gasteiger partial charge >= 0.3 is 0 Å². The molecule has 1 saturated heterocycles. The Kier molecular flexibility index (Phi) is 3.16. The predicted molar refractivity (Wildman–Crippen MR) is 105 cm³/mol. The lowest BCUT2D eigenvalue weighted by Crippen LogP contribution is -2.44. The van der Waals surface area contributed by atoms with Gasteiger partial charge in [0.2, 0.25) is 0 Å². The number of aromatic nitrogens is 1. The van der Waals surface area contributed by atoms with Crippen LogP contribution in [-0.4, -0.2) is 16.2 Å². The van der Waals surface area contributed by atoms with E-state index in [1.807, 2.05) is 6.07 Å². The maximum Gasteiger partial charge on any atom is 0.0891 e. The lowest BCUT2D eigenvalue weighted by atomic mass is 9.77. The van der Waals surface area contributed by atoms with Gasteiger partial charge in [0, 0.05) is 17.1 Å². The topological polar surface area (TPSA) is 48.1 Å². The number of hydrogen-bond acceptors (Lipinski definition) is 3. The van der Waals surface area contributed by atoms with Crippen LogP contribution in [0.2, 0.25) is 0 Å². The summed E-state index contributed by atoms with van der Waals surface area (Å²) in [5.41, 5.74) is 5.80. The molecule has 2 aliphatic rings. The summed E-state index contributed by atoms with van der Waals surface area (Å²) in [6.45, 7) is 11.6. The van der Waals surface area contributed by atoms with Crippen molar-refractivity contribution in [2.45, 2.75) is 90.7 Å². The Bertz CT molecular complexity index is 862. The molecule has 0 radical (unpaired) electrons. The fourth-order valence-electron chi connectivity index (χ4n) is 3.95. The van der Waals surface area contributed by atoms with E-state index in [-0.39, 0.29) is 40.1 Å². The Balaban J connectivity index is 2.13. The second-order valence-electron chi connectivity index (χ2n) is 9.17. The molecule has 1 aliphatic carbocycles. The molecule has 138 valence electrons. The smallest absolute Gasteiger partial charge is 0.0891 e. The molecule has 25 heavy (non-hydrogen) atoms. The molecule has 2 N–H and O–H groups in total. The van der Waals surface area contributed by atoms with Crippen molar-refractivity contribution in [2.24, 2.45) is 5.41 Å². The van der Waals surface area contributed by atoms with Gasteiger partial charge in [0.1, 0.15) is 0 Å². The molecule has 0 amide bonds. The Morgan fingerprint density at radius 1 is 1.16 bits per heavy atom. The van der Waals surface area contributed by atoms with Crippen LogP contribution in [0.25, 0.3) is 5.57 Å². The lowest BCUT2D eigenvalue weighted by molar-refractivity contribution is -0.162. The van der Waals surface area contributed by atoms with Gasteiger partial charge in [-0.1, -0.05) is 19.9 Å². The number of anilines is 1. The molecule has 0 spiro atoms. The fraction of sp³-hybridized carbons (Fsp3) is 0.682. The lowest BCUT2D eigenvalue weighted by Gasteiger charge is -2.45. The Hall–Kier alpha value is -1.35. The molecule has 1 aromatic heterocycles. The number of hydrogen-bond donors (Lipinski definition) is 1. The van der Waals surface area contributed by atoms with Crippen LogP contribution in [0.1, 0.15) is 97.7 Å². The minimum Gasteiger partial charge on any atom is -0.397 e. The fourth-order valence-corrected chi connectivity index (χ4v) is 3.95. The normalized spacial score (nSPS) is 36.6. The van der Waals surface area contributed by atoms with Crippen LogP contribution in [0, 0.1) is 5.41 Å². The summed E-state index contributed by atoms with van der Waals surface area (Å²) in [5.74, 6) is 0.0994. The van der Waals surface area contributed by atoms with E-state index in [0.717, 1.165) is 18.5 Å². The van der Waals surface area contributed by atoms with Crippen molar-refractivity contribution in [1.82, 2.24) is 4.98 Å². The van der Waals surface area contributed by atoms with Crippen LogP contribution in [0.3, 0.4) is 0 Å². The van der Waals surface area contributed by atoms with E-state index in [0.29, 0.717) is 0 Å². The number of allylic oxidation sites excluding steroid dienone is 2. The van der Waals surface area contributed by atoms with Crippen molar-refractivity contribution in [3.8, 4) is 0 Å². The van der Waals surface area contributed by atoms with Crippen LogP contribution in [0.5, 0.6) is 0 Å². The molecule has 3 heteroatoms. The SMILES string of the molecule is [2H]C1=C(c2nc(C3CC(C)(C)OC(C)(C)C3)ccc2N)C([2H])([2H])C([2H])C(C)(C)C1[2H]. The summed E-state index contributed by atoms with van der Waals surface area (Å²) in [6.07, 6.45) is -2.83. The summed E-state index contributed by atoms with van der Waals surface area (Å²) >= 11 is 0. The maximum atomic E-state index is 8.64. The quantitative estimate of drug-likeness (QED) is 0.745. The minimum absolute atomic E-state index is 0.0215. The summed E-state index contributed by atoms with van der Waals surface area (Å²) in [4.78, 5) is 4.75. The summed E-state index contributed by atoms with van der Waals surface area (Å²) in [6, 6.07) is 3.43. The second-order valence-corrected chi connectivity index (χ2v) is 9.17. The minimum atomic E-state index is -2.13. The van der Waals surface area contributed by atoms with E-state index in [2.05, 4.69) is 27.7 Å². The molecule has 2 heterocycles. The number of rotatable bonds is 2. The third-order valence-electron chi connectivity index (χ3n) is 4.81. The molecule has 2 atom stereocenters. The number of nitrogens with two attached hydrogens (primary N) is 1. The highest BCUT2D eigenvalue weighted by atomic mass is 16.5. The molecule has 0 aromatic carbocycles. The van der Waals surface area contributed by atoms with Crippen molar-refractivity contribution in [3.63, 3.8) is 0 Å².